The Morgan fingerprint density at radius 1 is 1.03 bits per heavy atom. The van der Waals surface area contributed by atoms with Gasteiger partial charge in [0.05, 0.1) is 18.5 Å². The Bertz CT molecular complexity index is 1240. The zero-order chi connectivity index (χ0) is 24.4. The van der Waals surface area contributed by atoms with Crippen molar-refractivity contribution in [3.8, 4) is 11.1 Å². The summed E-state index contributed by atoms with van der Waals surface area (Å²) in [6.07, 6.45) is 0.800. The zero-order valence-electron chi connectivity index (χ0n) is 18.7. The third-order valence-corrected chi connectivity index (χ3v) is 6.38. The van der Waals surface area contributed by atoms with Gasteiger partial charge in [-0.2, -0.15) is 0 Å². The normalized spacial score (nSPS) is 18.4. The van der Waals surface area contributed by atoms with Crippen LogP contribution in [0, 0.1) is 0 Å². The predicted octanol–water partition coefficient (Wildman–Crippen LogP) is 3.42. The zero-order valence-corrected chi connectivity index (χ0v) is 18.7. The van der Waals surface area contributed by atoms with Gasteiger partial charge >= 0.3 is 12.1 Å². The highest BCUT2D eigenvalue weighted by Gasteiger charge is 2.44. The van der Waals surface area contributed by atoms with Gasteiger partial charge in [-0.05, 0) is 34.4 Å². The lowest BCUT2D eigenvalue weighted by atomic mass is 9.97. The van der Waals surface area contributed by atoms with Gasteiger partial charge < -0.3 is 25.2 Å². The molecular formula is C26H23N3O6. The molecule has 1 aromatic heterocycles. The second-order valence-electron chi connectivity index (χ2n) is 8.53. The van der Waals surface area contributed by atoms with Gasteiger partial charge in [-0.15, -0.1) is 0 Å². The molecule has 178 valence electrons. The minimum Gasteiger partial charge on any atom is -0.477 e. The van der Waals surface area contributed by atoms with Crippen molar-refractivity contribution in [3.05, 3.63) is 83.7 Å². The molecule has 0 spiro atoms. The number of pyridine rings is 1. The lowest BCUT2D eigenvalue weighted by molar-refractivity contribution is -0.122. The first-order chi connectivity index (χ1) is 17.0. The van der Waals surface area contributed by atoms with Gasteiger partial charge in [0, 0.05) is 18.9 Å². The van der Waals surface area contributed by atoms with Crippen LogP contribution in [0.3, 0.4) is 0 Å². The third kappa shape index (κ3) is 4.33. The maximum Gasteiger partial charge on any atom is 0.408 e. The van der Waals surface area contributed by atoms with Crippen LogP contribution in [0.4, 0.5) is 10.5 Å². The van der Waals surface area contributed by atoms with Crippen molar-refractivity contribution in [1.29, 1.82) is 0 Å². The van der Waals surface area contributed by atoms with Gasteiger partial charge in [-0.25, -0.2) is 14.6 Å². The van der Waals surface area contributed by atoms with Crippen LogP contribution in [0.1, 0.15) is 34.0 Å². The Morgan fingerprint density at radius 3 is 2.29 bits per heavy atom. The molecule has 35 heavy (non-hydrogen) atoms. The molecule has 0 bridgehead atoms. The molecule has 1 saturated heterocycles. The molecule has 2 aliphatic rings. The Labute approximate surface area is 201 Å². The molecule has 2 aromatic carbocycles. The van der Waals surface area contributed by atoms with Crippen molar-refractivity contribution in [3.63, 3.8) is 0 Å². The second kappa shape index (κ2) is 9.19. The van der Waals surface area contributed by atoms with Gasteiger partial charge in [0.15, 0.2) is 0 Å². The minimum atomic E-state index is -1.31. The van der Waals surface area contributed by atoms with Crippen LogP contribution in [0.2, 0.25) is 0 Å². The predicted molar refractivity (Wildman–Crippen MR) is 126 cm³/mol. The first-order valence-electron chi connectivity index (χ1n) is 11.2. The first-order valence-corrected chi connectivity index (χ1v) is 11.2. The van der Waals surface area contributed by atoms with Gasteiger partial charge in [0.25, 0.3) is 5.91 Å². The van der Waals surface area contributed by atoms with Crippen LogP contribution in [0.25, 0.3) is 11.1 Å². The molecule has 1 unspecified atom stereocenters. The van der Waals surface area contributed by atoms with Gasteiger partial charge in [0.1, 0.15) is 17.8 Å². The fourth-order valence-corrected chi connectivity index (χ4v) is 4.57. The van der Waals surface area contributed by atoms with Crippen LogP contribution in [0.5, 0.6) is 0 Å². The molecule has 1 aliphatic carbocycles. The fraction of sp³-hybridized carbons (Fsp3) is 0.231. The number of benzene rings is 2. The number of carbonyl (C=O) groups excluding carboxylic acids is 2. The van der Waals surface area contributed by atoms with E-state index >= 15 is 0 Å². The van der Waals surface area contributed by atoms with E-state index in [9.17, 15) is 14.4 Å². The number of carboxylic acid groups (broad SMARTS) is 1. The number of nitrogens with one attached hydrogen (secondary N) is 2. The smallest absolute Gasteiger partial charge is 0.408 e. The lowest BCUT2D eigenvalue weighted by Crippen LogP contribution is -2.57. The van der Waals surface area contributed by atoms with E-state index in [-0.39, 0.29) is 31.2 Å². The van der Waals surface area contributed by atoms with E-state index in [0.29, 0.717) is 12.3 Å². The summed E-state index contributed by atoms with van der Waals surface area (Å²) in [7, 11) is 0. The molecule has 0 saturated carbocycles. The van der Waals surface area contributed by atoms with E-state index in [0.717, 1.165) is 22.3 Å². The van der Waals surface area contributed by atoms with Crippen molar-refractivity contribution in [1.82, 2.24) is 10.3 Å². The largest absolute Gasteiger partial charge is 0.477 e. The molecule has 1 aliphatic heterocycles. The van der Waals surface area contributed by atoms with Crippen molar-refractivity contribution in [2.75, 3.05) is 25.1 Å². The molecule has 9 nitrogen and oxygen atoms in total. The van der Waals surface area contributed by atoms with E-state index in [1.54, 1.807) is 0 Å². The topological polar surface area (TPSA) is 127 Å². The molecule has 5 rings (SSSR count). The number of rotatable bonds is 6. The number of anilines is 1. The molecule has 1 atom stereocenters. The molecule has 2 amide bonds. The molecule has 3 N–H and O–H groups in total. The van der Waals surface area contributed by atoms with Crippen LogP contribution in [0.15, 0.2) is 66.9 Å². The van der Waals surface area contributed by atoms with E-state index in [4.69, 9.17) is 14.6 Å². The number of ether oxygens (including phenoxy) is 2. The number of hydrogen-bond donors (Lipinski definition) is 3. The van der Waals surface area contributed by atoms with Gasteiger partial charge in [0.2, 0.25) is 0 Å². The van der Waals surface area contributed by atoms with Crippen LogP contribution in [-0.2, 0) is 14.3 Å². The third-order valence-electron chi connectivity index (χ3n) is 6.38. The summed E-state index contributed by atoms with van der Waals surface area (Å²) in [6.45, 7) is 0.413. The molecule has 0 radical (unpaired) electrons. The quantitative estimate of drug-likeness (QED) is 0.501. The molecule has 2 heterocycles. The average Bonchev–Trinajstić information content (AvgIpc) is 3.47. The summed E-state index contributed by atoms with van der Waals surface area (Å²) in [5, 5.41) is 14.4. The standard InChI is InChI=1S/C26H23N3O6/c30-23(31)22-10-9-16(13-27-22)28-24(32)26(11-12-34-15-26)29-25(33)35-14-21-19-7-3-1-5-17(19)18-6-2-4-8-20(18)21/h1-10,13,21H,11-12,14-15H2,(H,28,32)(H,29,33)(H,30,31). The van der Waals surface area contributed by atoms with Crippen LogP contribution < -0.4 is 10.6 Å². The maximum atomic E-state index is 13.1. The number of fused-ring (bicyclic) bond motifs is 3. The Balaban J connectivity index is 1.26. The van der Waals surface area contributed by atoms with Gasteiger partial charge in [-0.1, -0.05) is 48.5 Å². The van der Waals surface area contributed by atoms with Gasteiger partial charge in [-0.3, -0.25) is 4.79 Å². The molecule has 1 fully saturated rings. The number of amides is 2. The highest BCUT2D eigenvalue weighted by atomic mass is 16.6. The summed E-state index contributed by atoms with van der Waals surface area (Å²) >= 11 is 0. The van der Waals surface area contributed by atoms with Crippen molar-refractivity contribution >= 4 is 23.7 Å². The van der Waals surface area contributed by atoms with Crippen molar-refractivity contribution in [2.45, 2.75) is 17.9 Å². The lowest BCUT2D eigenvalue weighted by Gasteiger charge is -2.27. The van der Waals surface area contributed by atoms with Crippen LogP contribution in [-0.4, -0.2) is 53.4 Å². The summed E-state index contributed by atoms with van der Waals surface area (Å²) in [5.74, 6) is -1.76. The number of aromatic carboxylic acids is 1. The number of alkyl carbamates (subject to hydrolysis) is 1. The number of carbonyl (C=O) groups is 3. The van der Waals surface area contributed by atoms with Crippen molar-refractivity contribution < 1.29 is 29.0 Å². The minimum absolute atomic E-state index is 0.0103. The number of hydrogen-bond acceptors (Lipinski definition) is 6. The molecule has 3 aromatic rings. The number of aromatic nitrogens is 1. The fourth-order valence-electron chi connectivity index (χ4n) is 4.57. The summed E-state index contributed by atoms with van der Waals surface area (Å²) < 4.78 is 11.0. The number of carboxylic acids is 1. The Hall–Kier alpha value is -4.24. The SMILES string of the molecule is O=C(NC1(C(=O)Nc2ccc(C(=O)O)nc2)CCOC1)OCC1c2ccccc2-c2ccccc21. The highest BCUT2D eigenvalue weighted by molar-refractivity contribution is 6.00. The summed E-state index contributed by atoms with van der Waals surface area (Å²) in [6, 6.07) is 18.8. The maximum absolute atomic E-state index is 13.1. The molecular weight excluding hydrogens is 450 g/mol. The number of nitrogens with zero attached hydrogens (tertiary/aromatic N) is 1. The van der Waals surface area contributed by atoms with Crippen molar-refractivity contribution in [2.24, 2.45) is 0 Å². The van der Waals surface area contributed by atoms with E-state index < -0.39 is 23.5 Å². The summed E-state index contributed by atoms with van der Waals surface area (Å²) in [4.78, 5) is 40.7. The van der Waals surface area contributed by atoms with E-state index in [1.165, 1.54) is 18.3 Å². The monoisotopic (exact) mass is 473 g/mol. The highest BCUT2D eigenvalue weighted by Crippen LogP contribution is 2.44. The first kappa shape index (κ1) is 22.5. The molecule has 9 heteroatoms. The van der Waals surface area contributed by atoms with Crippen LogP contribution >= 0.6 is 0 Å². The summed E-state index contributed by atoms with van der Waals surface area (Å²) in [5.41, 5.74) is 3.29. The van der Waals surface area contributed by atoms with E-state index in [2.05, 4.69) is 27.8 Å². The Morgan fingerprint density at radius 2 is 1.71 bits per heavy atom. The Kier molecular flexibility index (Phi) is 5.92. The van der Waals surface area contributed by atoms with E-state index in [1.807, 2.05) is 36.4 Å². The average molecular weight is 473 g/mol. The second-order valence-corrected chi connectivity index (χ2v) is 8.53.